The Morgan fingerprint density at radius 2 is 1.95 bits per heavy atom. The second kappa shape index (κ2) is 8.59. The maximum atomic E-state index is 11.7. The minimum absolute atomic E-state index is 0.221. The molecule has 0 heterocycles. The van der Waals surface area contributed by atoms with Crippen LogP contribution in [0.2, 0.25) is 5.02 Å². The maximum Gasteiger partial charge on any atom is 0.331 e. The third kappa shape index (κ3) is 5.53. The molecule has 0 saturated heterocycles. The second-order valence-corrected chi connectivity index (χ2v) is 5.77. The molecular weight excluding hydrogens is 302 g/mol. The van der Waals surface area contributed by atoms with E-state index in [1.807, 2.05) is 12.1 Å². The molecule has 4 nitrogen and oxygen atoms in total. The fourth-order valence-electron chi connectivity index (χ4n) is 2.47. The molecule has 0 aromatic heterocycles. The summed E-state index contributed by atoms with van der Waals surface area (Å²) in [5.74, 6) is -0.801. The van der Waals surface area contributed by atoms with Gasteiger partial charge in [-0.25, -0.2) is 4.79 Å². The summed E-state index contributed by atoms with van der Waals surface area (Å²) in [5, 5.41) is 3.45. The molecule has 0 unspecified atom stereocenters. The molecule has 1 saturated carbocycles. The number of carbonyl (C=O) groups excluding carboxylic acids is 2. The second-order valence-electron chi connectivity index (χ2n) is 5.37. The summed E-state index contributed by atoms with van der Waals surface area (Å²) >= 11 is 5.98. The molecule has 118 valence electrons. The zero-order chi connectivity index (χ0) is 15.8. The van der Waals surface area contributed by atoms with Crippen molar-refractivity contribution >= 4 is 29.6 Å². The van der Waals surface area contributed by atoms with Crippen LogP contribution in [0, 0.1) is 0 Å². The highest BCUT2D eigenvalue weighted by Crippen LogP contribution is 2.17. The lowest BCUT2D eigenvalue weighted by Gasteiger charge is -2.22. The quantitative estimate of drug-likeness (QED) is 0.668. The van der Waals surface area contributed by atoms with E-state index in [1.165, 1.54) is 12.5 Å². The van der Waals surface area contributed by atoms with Crippen molar-refractivity contribution in [2.45, 2.75) is 38.1 Å². The maximum absolute atomic E-state index is 11.7. The Hall–Kier alpha value is -1.81. The molecule has 0 aliphatic heterocycles. The van der Waals surface area contributed by atoms with Gasteiger partial charge in [-0.05, 0) is 30.5 Å². The molecule has 1 aliphatic rings. The minimum atomic E-state index is -0.557. The molecule has 5 heteroatoms. The number of hydrogen-bond donors (Lipinski definition) is 1. The van der Waals surface area contributed by atoms with E-state index in [0.717, 1.165) is 31.2 Å². The van der Waals surface area contributed by atoms with Gasteiger partial charge in [-0.15, -0.1) is 0 Å². The standard InChI is InChI=1S/C17H20ClNO3/c18-15-9-5-4-6-13(15)10-11-17(21)22-12-16(20)19-14-7-2-1-3-8-14/h4-6,9-11,14H,1-3,7-8,12H2,(H,19,20)/b11-10+. The van der Waals surface area contributed by atoms with Gasteiger partial charge in [0.1, 0.15) is 0 Å². The van der Waals surface area contributed by atoms with Gasteiger partial charge in [-0.1, -0.05) is 49.1 Å². The van der Waals surface area contributed by atoms with Crippen molar-refractivity contribution in [1.82, 2.24) is 5.32 Å². The summed E-state index contributed by atoms with van der Waals surface area (Å²) in [6, 6.07) is 7.40. The molecule has 0 bridgehead atoms. The molecular formula is C17H20ClNO3. The van der Waals surface area contributed by atoms with Gasteiger partial charge in [0.15, 0.2) is 6.61 Å². The van der Waals surface area contributed by atoms with Crippen molar-refractivity contribution in [3.05, 3.63) is 40.9 Å². The Balaban J connectivity index is 1.73. The molecule has 1 aliphatic carbocycles. The number of benzene rings is 1. The molecule has 0 spiro atoms. The first kappa shape index (κ1) is 16.6. The van der Waals surface area contributed by atoms with Gasteiger partial charge in [-0.3, -0.25) is 4.79 Å². The van der Waals surface area contributed by atoms with Crippen LogP contribution >= 0.6 is 11.6 Å². The minimum Gasteiger partial charge on any atom is -0.452 e. The van der Waals surface area contributed by atoms with Crippen LogP contribution in [-0.2, 0) is 14.3 Å². The number of ether oxygens (including phenoxy) is 1. The highest BCUT2D eigenvalue weighted by molar-refractivity contribution is 6.32. The molecule has 0 atom stereocenters. The van der Waals surface area contributed by atoms with Crippen molar-refractivity contribution in [3.8, 4) is 0 Å². The Morgan fingerprint density at radius 1 is 1.23 bits per heavy atom. The van der Waals surface area contributed by atoms with Crippen LogP contribution in [0.3, 0.4) is 0 Å². The molecule has 1 fully saturated rings. The first-order valence-electron chi connectivity index (χ1n) is 7.54. The molecule has 1 N–H and O–H groups in total. The van der Waals surface area contributed by atoms with Crippen molar-refractivity contribution in [1.29, 1.82) is 0 Å². The first-order valence-corrected chi connectivity index (χ1v) is 7.91. The largest absolute Gasteiger partial charge is 0.452 e. The van der Waals surface area contributed by atoms with E-state index in [-0.39, 0.29) is 18.6 Å². The van der Waals surface area contributed by atoms with Crippen molar-refractivity contribution < 1.29 is 14.3 Å². The van der Waals surface area contributed by atoms with E-state index >= 15 is 0 Å². The van der Waals surface area contributed by atoms with Gasteiger partial charge in [-0.2, -0.15) is 0 Å². The van der Waals surface area contributed by atoms with Crippen molar-refractivity contribution in [2.75, 3.05) is 6.61 Å². The normalized spacial score (nSPS) is 15.7. The monoisotopic (exact) mass is 321 g/mol. The lowest BCUT2D eigenvalue weighted by molar-refractivity contribution is -0.144. The lowest BCUT2D eigenvalue weighted by atomic mass is 9.95. The van der Waals surface area contributed by atoms with Gasteiger partial charge in [0.2, 0.25) is 0 Å². The van der Waals surface area contributed by atoms with Gasteiger partial charge in [0, 0.05) is 17.1 Å². The van der Waals surface area contributed by atoms with E-state index in [4.69, 9.17) is 16.3 Å². The van der Waals surface area contributed by atoms with Crippen LogP contribution in [-0.4, -0.2) is 24.5 Å². The van der Waals surface area contributed by atoms with Gasteiger partial charge >= 0.3 is 5.97 Å². The number of halogens is 1. The number of rotatable bonds is 5. The van der Waals surface area contributed by atoms with Gasteiger partial charge < -0.3 is 10.1 Å². The Morgan fingerprint density at radius 3 is 2.68 bits per heavy atom. The Labute approximate surface area is 135 Å². The van der Waals surface area contributed by atoms with Crippen LogP contribution in [0.5, 0.6) is 0 Å². The molecule has 2 rings (SSSR count). The summed E-state index contributed by atoms with van der Waals surface area (Å²) in [5.41, 5.74) is 0.729. The number of hydrogen-bond acceptors (Lipinski definition) is 3. The smallest absolute Gasteiger partial charge is 0.331 e. The highest BCUT2D eigenvalue weighted by atomic mass is 35.5. The van der Waals surface area contributed by atoms with Gasteiger partial charge in [0.25, 0.3) is 5.91 Å². The average Bonchev–Trinajstić information content (AvgIpc) is 2.53. The summed E-state index contributed by atoms with van der Waals surface area (Å²) in [7, 11) is 0. The summed E-state index contributed by atoms with van der Waals surface area (Å²) in [6.45, 7) is -0.248. The number of carbonyl (C=O) groups is 2. The lowest BCUT2D eigenvalue weighted by Crippen LogP contribution is -2.38. The van der Waals surface area contributed by atoms with E-state index in [2.05, 4.69) is 5.32 Å². The fourth-order valence-corrected chi connectivity index (χ4v) is 2.67. The van der Waals surface area contributed by atoms with Crippen LogP contribution in [0.4, 0.5) is 0 Å². The predicted molar refractivity (Wildman–Crippen MR) is 86.5 cm³/mol. The SMILES string of the molecule is O=C(COC(=O)/C=C/c1ccccc1Cl)NC1CCCCC1. The predicted octanol–water partition coefficient (Wildman–Crippen LogP) is 3.35. The Kier molecular flexibility index (Phi) is 6.46. The molecule has 1 aromatic carbocycles. The van der Waals surface area contributed by atoms with E-state index in [0.29, 0.717) is 5.02 Å². The third-order valence-electron chi connectivity index (χ3n) is 3.62. The molecule has 0 radical (unpaired) electrons. The topological polar surface area (TPSA) is 55.4 Å². The van der Waals surface area contributed by atoms with Crippen LogP contribution in [0.1, 0.15) is 37.7 Å². The number of esters is 1. The highest BCUT2D eigenvalue weighted by Gasteiger charge is 2.16. The van der Waals surface area contributed by atoms with Crippen LogP contribution in [0.25, 0.3) is 6.08 Å². The summed E-state index contributed by atoms with van der Waals surface area (Å²) in [6.07, 6.45) is 8.38. The number of amides is 1. The van der Waals surface area contributed by atoms with Crippen molar-refractivity contribution in [2.24, 2.45) is 0 Å². The van der Waals surface area contributed by atoms with Crippen molar-refractivity contribution in [3.63, 3.8) is 0 Å². The number of nitrogens with one attached hydrogen (secondary N) is 1. The summed E-state index contributed by atoms with van der Waals surface area (Å²) in [4.78, 5) is 23.3. The molecule has 1 aromatic rings. The molecule has 22 heavy (non-hydrogen) atoms. The molecule has 1 amide bonds. The van der Waals surface area contributed by atoms with E-state index in [1.54, 1.807) is 18.2 Å². The van der Waals surface area contributed by atoms with E-state index < -0.39 is 5.97 Å². The van der Waals surface area contributed by atoms with E-state index in [9.17, 15) is 9.59 Å². The zero-order valence-electron chi connectivity index (χ0n) is 12.4. The third-order valence-corrected chi connectivity index (χ3v) is 3.96. The van der Waals surface area contributed by atoms with Gasteiger partial charge in [0.05, 0.1) is 0 Å². The summed E-state index contributed by atoms with van der Waals surface area (Å²) < 4.78 is 4.93. The van der Waals surface area contributed by atoms with Crippen LogP contribution in [0.15, 0.2) is 30.3 Å². The fraction of sp³-hybridized carbons (Fsp3) is 0.412. The first-order chi connectivity index (χ1) is 10.6. The van der Waals surface area contributed by atoms with Crippen LogP contribution < -0.4 is 5.32 Å². The zero-order valence-corrected chi connectivity index (χ0v) is 13.1. The Bertz CT molecular complexity index is 551. The average molecular weight is 322 g/mol.